The van der Waals surface area contributed by atoms with Crippen LogP contribution in [0, 0.1) is 0 Å². The Bertz CT molecular complexity index is 1590. The van der Waals surface area contributed by atoms with Gasteiger partial charge in [-0.2, -0.15) is 0 Å². The van der Waals surface area contributed by atoms with Gasteiger partial charge in [-0.3, -0.25) is 9.80 Å². The third-order valence-electron chi connectivity index (χ3n) is 8.19. The Kier molecular flexibility index (Phi) is 8.52. The number of rotatable bonds is 9. The highest BCUT2D eigenvalue weighted by molar-refractivity contribution is 6.05. The molecule has 0 atom stereocenters. The molecule has 0 amide bonds. The summed E-state index contributed by atoms with van der Waals surface area (Å²) in [6.07, 6.45) is 0. The number of ether oxygens (including phenoxy) is 2. The summed E-state index contributed by atoms with van der Waals surface area (Å²) in [6, 6.07) is 13.1. The van der Waals surface area contributed by atoms with Crippen molar-refractivity contribution in [2.75, 3.05) is 98.5 Å². The number of hydrogen-bond acceptors (Lipinski definition) is 11. The van der Waals surface area contributed by atoms with Crippen LogP contribution >= 0.6 is 0 Å². The van der Waals surface area contributed by atoms with Crippen molar-refractivity contribution >= 4 is 27.7 Å². The van der Waals surface area contributed by atoms with E-state index in [9.17, 15) is 4.79 Å². The highest BCUT2D eigenvalue weighted by Gasteiger charge is 2.18. The lowest BCUT2D eigenvalue weighted by Crippen LogP contribution is -2.45. The van der Waals surface area contributed by atoms with Gasteiger partial charge in [0.2, 0.25) is 0 Å². The lowest BCUT2D eigenvalue weighted by Gasteiger charge is -2.32. The number of nitrogens with two attached hydrogens (primary N) is 1. The first-order valence-corrected chi connectivity index (χ1v) is 14.6. The van der Waals surface area contributed by atoms with Gasteiger partial charge in [-0.05, 0) is 38.4 Å². The van der Waals surface area contributed by atoms with Gasteiger partial charge in [0.25, 0.3) is 0 Å². The molecule has 0 aliphatic carbocycles. The fraction of sp³-hybridized carbons (Fsp3) is 0.452. The summed E-state index contributed by atoms with van der Waals surface area (Å²) in [4.78, 5) is 31.7. The summed E-state index contributed by atoms with van der Waals surface area (Å²) in [5.41, 5.74) is 7.32. The summed E-state index contributed by atoms with van der Waals surface area (Å²) in [6.45, 7) is 11.3. The number of piperazine rings is 2. The molecule has 2 saturated heterocycles. The van der Waals surface area contributed by atoms with Crippen molar-refractivity contribution < 1.29 is 13.9 Å². The minimum Gasteiger partial charge on any atom is -0.492 e. The van der Waals surface area contributed by atoms with Crippen molar-refractivity contribution in [3.8, 4) is 22.9 Å². The maximum Gasteiger partial charge on any atom is 0.349 e. The summed E-state index contributed by atoms with van der Waals surface area (Å²) in [5.74, 6) is 1.88. The van der Waals surface area contributed by atoms with Gasteiger partial charge in [0.05, 0.1) is 5.52 Å². The van der Waals surface area contributed by atoms with E-state index in [0.29, 0.717) is 41.3 Å². The van der Waals surface area contributed by atoms with Crippen molar-refractivity contribution in [2.45, 2.75) is 0 Å². The zero-order valence-corrected chi connectivity index (χ0v) is 24.4. The van der Waals surface area contributed by atoms with Crippen molar-refractivity contribution in [3.63, 3.8) is 0 Å². The molecule has 2 N–H and O–H groups in total. The third-order valence-corrected chi connectivity index (χ3v) is 8.19. The van der Waals surface area contributed by atoms with E-state index in [1.54, 1.807) is 6.07 Å². The normalized spacial score (nSPS) is 17.7. The van der Waals surface area contributed by atoms with E-state index >= 15 is 0 Å². The van der Waals surface area contributed by atoms with Gasteiger partial charge in [0, 0.05) is 82.5 Å². The standard InChI is InChI=1S/C31H39N7O4/c1-35-8-12-37(13-9-35)16-18-40-23-5-3-4-22(20-23)30-33-28-25-7-6-24(41-19-17-38-14-10-36(2)11-15-38)21-26(25)42-31(39)27(28)29(32)34-30/h3-7,20-21H,8-19H2,1-2H3,(H2,32,33,34). The van der Waals surface area contributed by atoms with E-state index in [1.807, 2.05) is 36.4 Å². The largest absolute Gasteiger partial charge is 0.492 e. The van der Waals surface area contributed by atoms with E-state index in [4.69, 9.17) is 24.6 Å². The second kappa shape index (κ2) is 12.6. The molecule has 6 rings (SSSR count). The van der Waals surface area contributed by atoms with Crippen molar-refractivity contribution in [3.05, 3.63) is 52.9 Å². The van der Waals surface area contributed by atoms with Crippen LogP contribution in [-0.2, 0) is 0 Å². The van der Waals surface area contributed by atoms with E-state index < -0.39 is 5.63 Å². The molecule has 0 saturated carbocycles. The fourth-order valence-corrected chi connectivity index (χ4v) is 5.48. The highest BCUT2D eigenvalue weighted by atomic mass is 16.5. The van der Waals surface area contributed by atoms with E-state index in [1.165, 1.54) is 0 Å². The highest BCUT2D eigenvalue weighted by Crippen LogP contribution is 2.30. The number of fused-ring (bicyclic) bond motifs is 3. The Morgan fingerprint density at radius 2 is 1.43 bits per heavy atom. The SMILES string of the molecule is CN1CCN(CCOc2cccc(-c3nc(N)c4c(=O)oc5cc(OCCN6CCN(C)CC6)ccc5c4n3)c2)CC1. The van der Waals surface area contributed by atoms with Gasteiger partial charge in [-0.1, -0.05) is 12.1 Å². The maximum atomic E-state index is 12.9. The van der Waals surface area contributed by atoms with Crippen molar-refractivity contribution in [1.82, 2.24) is 29.6 Å². The molecule has 2 aromatic heterocycles. The van der Waals surface area contributed by atoms with Crippen LogP contribution in [0.1, 0.15) is 0 Å². The van der Waals surface area contributed by atoms with Gasteiger partial charge < -0.3 is 29.4 Å². The van der Waals surface area contributed by atoms with Gasteiger partial charge >= 0.3 is 5.63 Å². The Balaban J connectivity index is 1.19. The quantitative estimate of drug-likeness (QED) is 0.235. The number of benzene rings is 2. The minimum atomic E-state index is -0.572. The fourth-order valence-electron chi connectivity index (χ4n) is 5.48. The van der Waals surface area contributed by atoms with Crippen LogP contribution < -0.4 is 20.8 Å². The summed E-state index contributed by atoms with van der Waals surface area (Å²) in [7, 11) is 4.30. The molecule has 222 valence electrons. The molecular formula is C31H39N7O4. The number of anilines is 1. The molecule has 4 heterocycles. The Morgan fingerprint density at radius 3 is 2.07 bits per heavy atom. The summed E-state index contributed by atoms with van der Waals surface area (Å²) >= 11 is 0. The molecular weight excluding hydrogens is 534 g/mol. The first kappa shape index (κ1) is 28.4. The van der Waals surface area contributed by atoms with Crippen molar-refractivity contribution in [2.24, 2.45) is 0 Å². The molecule has 4 aromatic rings. The molecule has 42 heavy (non-hydrogen) atoms. The smallest absolute Gasteiger partial charge is 0.349 e. The number of hydrogen-bond donors (Lipinski definition) is 1. The average Bonchev–Trinajstić information content (AvgIpc) is 2.99. The molecule has 11 nitrogen and oxygen atoms in total. The van der Waals surface area contributed by atoms with Gasteiger partial charge in [0.15, 0.2) is 5.82 Å². The topological polar surface area (TPSA) is 113 Å². The predicted molar refractivity (Wildman–Crippen MR) is 164 cm³/mol. The molecule has 2 fully saturated rings. The number of nitrogen functional groups attached to an aromatic ring is 1. The third kappa shape index (κ3) is 6.49. The van der Waals surface area contributed by atoms with Gasteiger partial charge in [-0.25, -0.2) is 14.8 Å². The number of nitrogens with zero attached hydrogens (tertiary/aromatic N) is 6. The van der Waals surface area contributed by atoms with Crippen LogP contribution in [0.4, 0.5) is 5.82 Å². The van der Waals surface area contributed by atoms with Crippen LogP contribution in [-0.4, -0.2) is 122 Å². The monoisotopic (exact) mass is 573 g/mol. The number of likely N-dealkylation sites (N-methyl/N-ethyl adjacent to an activating group) is 2. The molecule has 0 spiro atoms. The van der Waals surface area contributed by atoms with Crippen LogP contribution in [0.25, 0.3) is 33.3 Å². The Labute approximate surface area is 245 Å². The zero-order valence-electron chi connectivity index (χ0n) is 24.4. The predicted octanol–water partition coefficient (Wildman–Crippen LogP) is 2.24. The Morgan fingerprint density at radius 1 is 0.810 bits per heavy atom. The van der Waals surface area contributed by atoms with Gasteiger partial charge in [0.1, 0.15) is 41.5 Å². The van der Waals surface area contributed by atoms with Crippen molar-refractivity contribution in [1.29, 1.82) is 0 Å². The maximum absolute atomic E-state index is 12.9. The lowest BCUT2D eigenvalue weighted by molar-refractivity contribution is 0.134. The number of aromatic nitrogens is 2. The summed E-state index contributed by atoms with van der Waals surface area (Å²) in [5, 5.41) is 0.848. The molecule has 0 unspecified atom stereocenters. The first-order chi connectivity index (χ1) is 20.4. The van der Waals surface area contributed by atoms with E-state index in [2.05, 4.69) is 38.7 Å². The van der Waals surface area contributed by atoms with Crippen LogP contribution in [0.5, 0.6) is 11.5 Å². The lowest BCUT2D eigenvalue weighted by atomic mass is 10.1. The van der Waals surface area contributed by atoms with Crippen LogP contribution in [0.2, 0.25) is 0 Å². The average molecular weight is 574 g/mol. The summed E-state index contributed by atoms with van der Waals surface area (Å²) < 4.78 is 17.7. The van der Waals surface area contributed by atoms with Gasteiger partial charge in [-0.15, -0.1) is 0 Å². The van der Waals surface area contributed by atoms with E-state index in [0.717, 1.165) is 76.8 Å². The second-order valence-corrected chi connectivity index (χ2v) is 11.2. The van der Waals surface area contributed by atoms with Crippen LogP contribution in [0.3, 0.4) is 0 Å². The molecule has 0 radical (unpaired) electrons. The molecule has 2 aliphatic rings. The second-order valence-electron chi connectivity index (χ2n) is 11.2. The molecule has 11 heteroatoms. The molecule has 2 aromatic carbocycles. The minimum absolute atomic E-state index is 0.0829. The first-order valence-electron chi connectivity index (χ1n) is 14.6. The van der Waals surface area contributed by atoms with Crippen LogP contribution in [0.15, 0.2) is 51.7 Å². The zero-order chi connectivity index (χ0) is 29.1. The van der Waals surface area contributed by atoms with E-state index in [-0.39, 0.29) is 11.2 Å². The Hall–Kier alpha value is -3.77. The molecule has 0 bridgehead atoms. The molecule has 2 aliphatic heterocycles.